The number of hydrogen-bond acceptors (Lipinski definition) is 5. The zero-order valence-corrected chi connectivity index (χ0v) is 14.7. The summed E-state index contributed by atoms with van der Waals surface area (Å²) < 4.78 is 6.92. The van der Waals surface area contributed by atoms with Crippen molar-refractivity contribution in [2.75, 3.05) is 12.9 Å². The average molecular weight is 334 g/mol. The summed E-state index contributed by atoms with van der Waals surface area (Å²) in [7, 11) is 1.57. The maximum absolute atomic E-state index is 13.0. The van der Waals surface area contributed by atoms with Gasteiger partial charge in [0.05, 0.1) is 18.4 Å². The first-order valence-electron chi connectivity index (χ1n) is 7.63. The molecule has 0 amide bonds. The normalized spacial score (nSPS) is 11.0. The van der Waals surface area contributed by atoms with Crippen molar-refractivity contribution in [2.45, 2.75) is 38.3 Å². The van der Waals surface area contributed by atoms with E-state index in [4.69, 9.17) is 4.74 Å². The lowest BCUT2D eigenvalue weighted by atomic mass is 10.1. The molecule has 2 aromatic rings. The molecule has 0 fully saturated rings. The minimum absolute atomic E-state index is 0.124. The highest BCUT2D eigenvalue weighted by Crippen LogP contribution is 2.29. The Kier molecular flexibility index (Phi) is 5.71. The van der Waals surface area contributed by atoms with Gasteiger partial charge < -0.3 is 9.84 Å². The summed E-state index contributed by atoms with van der Waals surface area (Å²) in [6.07, 6.45) is 0.944. The second-order valence-electron chi connectivity index (χ2n) is 5.45. The number of methoxy groups -OCH3 is 1. The van der Waals surface area contributed by atoms with Crippen LogP contribution in [0.5, 0.6) is 11.6 Å². The second-order valence-corrected chi connectivity index (χ2v) is 6.51. The lowest BCUT2D eigenvalue weighted by molar-refractivity contribution is 0.407. The van der Waals surface area contributed by atoms with E-state index in [1.165, 1.54) is 16.3 Å². The number of rotatable bonds is 6. The Morgan fingerprint density at radius 2 is 2.04 bits per heavy atom. The molecule has 0 atom stereocenters. The number of benzene rings is 1. The first-order chi connectivity index (χ1) is 11.0. The summed E-state index contributed by atoms with van der Waals surface area (Å²) >= 11 is 1.45. The van der Waals surface area contributed by atoms with Crippen LogP contribution in [-0.2, 0) is 0 Å². The van der Waals surface area contributed by atoms with Gasteiger partial charge in [0.1, 0.15) is 5.75 Å². The van der Waals surface area contributed by atoms with Gasteiger partial charge in [-0.25, -0.2) is 0 Å². The number of para-hydroxylation sites is 2. The SMILES string of the molecule is CCCSc1nc(O)c(C(C)C)c(=O)n1-c1ccccc1OC. The van der Waals surface area contributed by atoms with E-state index in [-0.39, 0.29) is 17.4 Å². The molecule has 0 unspecified atom stereocenters. The predicted octanol–water partition coefficient (Wildman–Crippen LogP) is 3.57. The Morgan fingerprint density at radius 3 is 2.65 bits per heavy atom. The van der Waals surface area contributed by atoms with Gasteiger partial charge in [-0.1, -0.05) is 44.7 Å². The summed E-state index contributed by atoms with van der Waals surface area (Å²) in [5.74, 6) is 1.09. The average Bonchev–Trinajstić information content (AvgIpc) is 2.52. The molecule has 5 nitrogen and oxygen atoms in total. The van der Waals surface area contributed by atoms with Crippen LogP contribution in [0, 0.1) is 0 Å². The van der Waals surface area contributed by atoms with Crippen molar-refractivity contribution in [1.29, 1.82) is 0 Å². The van der Waals surface area contributed by atoms with Gasteiger partial charge in [0.15, 0.2) is 5.16 Å². The molecule has 2 rings (SSSR count). The molecular formula is C17H22N2O3S. The van der Waals surface area contributed by atoms with Crippen molar-refractivity contribution in [1.82, 2.24) is 9.55 Å². The number of nitrogens with zero attached hydrogens (tertiary/aromatic N) is 2. The van der Waals surface area contributed by atoms with Crippen LogP contribution in [0.15, 0.2) is 34.2 Å². The quantitative estimate of drug-likeness (QED) is 0.646. The number of aromatic nitrogens is 2. The van der Waals surface area contributed by atoms with Crippen LogP contribution in [0.3, 0.4) is 0 Å². The van der Waals surface area contributed by atoms with Crippen LogP contribution in [0.25, 0.3) is 5.69 Å². The van der Waals surface area contributed by atoms with Crippen LogP contribution in [0.1, 0.15) is 38.7 Å². The monoisotopic (exact) mass is 334 g/mol. The van der Waals surface area contributed by atoms with Crippen molar-refractivity contribution in [2.24, 2.45) is 0 Å². The number of thioether (sulfide) groups is 1. The summed E-state index contributed by atoms with van der Waals surface area (Å²) in [4.78, 5) is 17.2. The molecule has 0 bridgehead atoms. The molecular weight excluding hydrogens is 312 g/mol. The van der Waals surface area contributed by atoms with E-state index in [1.807, 2.05) is 32.0 Å². The Morgan fingerprint density at radius 1 is 1.35 bits per heavy atom. The molecule has 0 spiro atoms. The lowest BCUT2D eigenvalue weighted by Gasteiger charge is -2.17. The Bertz CT molecular complexity index is 741. The van der Waals surface area contributed by atoms with Gasteiger partial charge in [0.25, 0.3) is 5.56 Å². The first kappa shape index (κ1) is 17.4. The first-order valence-corrected chi connectivity index (χ1v) is 8.61. The maximum Gasteiger partial charge on any atom is 0.266 e. The largest absolute Gasteiger partial charge is 0.495 e. The van der Waals surface area contributed by atoms with Crippen LogP contribution < -0.4 is 10.3 Å². The smallest absolute Gasteiger partial charge is 0.266 e. The van der Waals surface area contributed by atoms with E-state index in [1.54, 1.807) is 13.2 Å². The van der Waals surface area contributed by atoms with Gasteiger partial charge in [-0.15, -0.1) is 0 Å². The predicted molar refractivity (Wildman–Crippen MR) is 93.2 cm³/mol. The lowest BCUT2D eigenvalue weighted by Crippen LogP contribution is -2.26. The number of ether oxygens (including phenoxy) is 1. The van der Waals surface area contributed by atoms with Crippen molar-refractivity contribution in [3.05, 3.63) is 40.2 Å². The van der Waals surface area contributed by atoms with E-state index in [9.17, 15) is 9.90 Å². The van der Waals surface area contributed by atoms with Crippen LogP contribution in [0.4, 0.5) is 0 Å². The van der Waals surface area contributed by atoms with Crippen LogP contribution >= 0.6 is 11.8 Å². The molecule has 6 heteroatoms. The topological polar surface area (TPSA) is 64.4 Å². The van der Waals surface area contributed by atoms with E-state index in [0.29, 0.717) is 22.2 Å². The number of aromatic hydroxyl groups is 1. The summed E-state index contributed by atoms with van der Waals surface area (Å²) in [6.45, 7) is 5.79. The minimum atomic E-state index is -0.254. The van der Waals surface area contributed by atoms with E-state index >= 15 is 0 Å². The molecule has 1 N–H and O–H groups in total. The van der Waals surface area contributed by atoms with Crippen LogP contribution in [-0.4, -0.2) is 27.5 Å². The second kappa shape index (κ2) is 7.55. The third kappa shape index (κ3) is 3.52. The van der Waals surface area contributed by atoms with E-state index < -0.39 is 0 Å². The molecule has 1 aromatic heterocycles. The van der Waals surface area contributed by atoms with Crippen molar-refractivity contribution >= 4 is 11.8 Å². The van der Waals surface area contributed by atoms with Crippen molar-refractivity contribution in [3.63, 3.8) is 0 Å². The van der Waals surface area contributed by atoms with Crippen molar-refractivity contribution < 1.29 is 9.84 Å². The third-order valence-corrected chi connectivity index (χ3v) is 4.55. The highest BCUT2D eigenvalue weighted by Gasteiger charge is 2.21. The molecule has 1 aromatic carbocycles. The van der Waals surface area contributed by atoms with Gasteiger partial charge >= 0.3 is 0 Å². The van der Waals surface area contributed by atoms with Crippen molar-refractivity contribution in [3.8, 4) is 17.3 Å². The Hall–Kier alpha value is -1.95. The van der Waals surface area contributed by atoms with Gasteiger partial charge in [-0.2, -0.15) is 4.98 Å². The summed E-state index contributed by atoms with van der Waals surface area (Å²) in [5.41, 5.74) is 0.695. The molecule has 0 saturated carbocycles. The summed E-state index contributed by atoms with van der Waals surface area (Å²) in [5, 5.41) is 10.6. The standard InChI is InChI=1S/C17H22N2O3S/c1-5-10-23-17-18-15(20)14(11(2)3)16(21)19(17)12-8-6-7-9-13(12)22-4/h6-9,11,20H,5,10H2,1-4H3. The molecule has 0 saturated heterocycles. The van der Waals surface area contributed by atoms with E-state index in [0.717, 1.165) is 12.2 Å². The molecule has 23 heavy (non-hydrogen) atoms. The van der Waals surface area contributed by atoms with Gasteiger partial charge in [0.2, 0.25) is 5.88 Å². The van der Waals surface area contributed by atoms with E-state index in [2.05, 4.69) is 11.9 Å². The third-order valence-electron chi connectivity index (χ3n) is 3.41. The maximum atomic E-state index is 13.0. The zero-order chi connectivity index (χ0) is 17.0. The summed E-state index contributed by atoms with van der Waals surface area (Å²) in [6, 6.07) is 7.32. The van der Waals surface area contributed by atoms with Gasteiger partial charge in [-0.05, 0) is 24.5 Å². The fourth-order valence-electron chi connectivity index (χ4n) is 2.33. The zero-order valence-electron chi connectivity index (χ0n) is 13.9. The molecule has 0 aliphatic carbocycles. The molecule has 124 valence electrons. The highest BCUT2D eigenvalue weighted by molar-refractivity contribution is 7.99. The molecule has 0 aliphatic rings. The Labute approximate surface area is 140 Å². The highest BCUT2D eigenvalue weighted by atomic mass is 32.2. The van der Waals surface area contributed by atoms with Gasteiger partial charge in [-0.3, -0.25) is 9.36 Å². The minimum Gasteiger partial charge on any atom is -0.495 e. The van der Waals surface area contributed by atoms with Gasteiger partial charge in [0, 0.05) is 5.75 Å². The molecule has 0 radical (unpaired) electrons. The molecule has 1 heterocycles. The van der Waals surface area contributed by atoms with Crippen LogP contribution in [0.2, 0.25) is 0 Å². The number of hydrogen-bond donors (Lipinski definition) is 1. The molecule has 0 aliphatic heterocycles. The Balaban J connectivity index is 2.77. The fourth-order valence-corrected chi connectivity index (χ4v) is 3.17. The fraction of sp³-hybridized carbons (Fsp3) is 0.412.